The number of amides is 1. The van der Waals surface area contributed by atoms with Gasteiger partial charge in [0.1, 0.15) is 5.60 Å². The molecule has 0 radical (unpaired) electrons. The Kier molecular flexibility index (Phi) is 6.13. The molecule has 112 valence electrons. The summed E-state index contributed by atoms with van der Waals surface area (Å²) >= 11 is 1.69. The molecule has 0 aliphatic heterocycles. The lowest BCUT2D eigenvalue weighted by Crippen LogP contribution is -2.37. The van der Waals surface area contributed by atoms with Gasteiger partial charge in [0.15, 0.2) is 0 Å². The molecule has 0 bridgehead atoms. The van der Waals surface area contributed by atoms with E-state index in [0.29, 0.717) is 18.8 Å². The van der Waals surface area contributed by atoms with Crippen molar-refractivity contribution in [1.82, 2.24) is 9.88 Å². The summed E-state index contributed by atoms with van der Waals surface area (Å²) < 4.78 is 5.42. The van der Waals surface area contributed by atoms with Crippen molar-refractivity contribution in [3.8, 4) is 0 Å². The maximum Gasteiger partial charge on any atom is 0.410 e. The summed E-state index contributed by atoms with van der Waals surface area (Å²) in [5.41, 5.74) is 6.52. The van der Waals surface area contributed by atoms with Crippen LogP contribution in [0.4, 0.5) is 10.5 Å². The van der Waals surface area contributed by atoms with Crippen molar-refractivity contribution in [2.45, 2.75) is 32.9 Å². The summed E-state index contributed by atoms with van der Waals surface area (Å²) in [5.74, 6) is 0.855. The van der Waals surface area contributed by atoms with Crippen LogP contribution >= 0.6 is 11.8 Å². The van der Waals surface area contributed by atoms with E-state index in [1.165, 1.54) is 0 Å². The summed E-state index contributed by atoms with van der Waals surface area (Å²) in [6.07, 6.45) is 3.29. The summed E-state index contributed by atoms with van der Waals surface area (Å²) in [5, 5.41) is 0. The molecule has 0 fully saturated rings. The molecule has 20 heavy (non-hydrogen) atoms. The number of carbonyl (C=O) groups excluding carboxylic acids is 1. The molecule has 0 saturated carbocycles. The second-order valence-electron chi connectivity index (χ2n) is 5.48. The van der Waals surface area contributed by atoms with E-state index in [2.05, 4.69) is 4.98 Å². The van der Waals surface area contributed by atoms with Crippen LogP contribution in [0.15, 0.2) is 18.3 Å². The number of pyridine rings is 1. The lowest BCUT2D eigenvalue weighted by Gasteiger charge is -2.27. The van der Waals surface area contributed by atoms with E-state index in [0.717, 1.165) is 11.4 Å². The molecular weight excluding hydrogens is 274 g/mol. The average molecular weight is 297 g/mol. The van der Waals surface area contributed by atoms with Crippen LogP contribution < -0.4 is 5.73 Å². The van der Waals surface area contributed by atoms with E-state index in [-0.39, 0.29) is 6.09 Å². The number of anilines is 1. The number of nitrogens with zero attached hydrogens (tertiary/aromatic N) is 2. The number of hydrogen-bond acceptors (Lipinski definition) is 5. The lowest BCUT2D eigenvalue weighted by atomic mass is 10.2. The molecule has 0 spiro atoms. The highest BCUT2D eigenvalue weighted by Crippen LogP contribution is 2.13. The van der Waals surface area contributed by atoms with Gasteiger partial charge in [-0.25, -0.2) is 4.79 Å². The van der Waals surface area contributed by atoms with Crippen LogP contribution in [0.1, 0.15) is 26.5 Å². The van der Waals surface area contributed by atoms with Gasteiger partial charge in [-0.2, -0.15) is 11.8 Å². The van der Waals surface area contributed by atoms with Crippen molar-refractivity contribution in [2.24, 2.45) is 0 Å². The largest absolute Gasteiger partial charge is 0.444 e. The molecule has 5 nitrogen and oxygen atoms in total. The first kappa shape index (κ1) is 16.6. The Morgan fingerprint density at radius 2 is 2.15 bits per heavy atom. The van der Waals surface area contributed by atoms with Crippen LogP contribution in [0.2, 0.25) is 0 Å². The Labute approximate surface area is 124 Å². The van der Waals surface area contributed by atoms with Gasteiger partial charge in [-0.15, -0.1) is 0 Å². The molecule has 1 amide bonds. The summed E-state index contributed by atoms with van der Waals surface area (Å²) in [6.45, 7) is 6.63. The molecule has 0 aromatic carbocycles. The van der Waals surface area contributed by atoms with Crippen molar-refractivity contribution in [2.75, 3.05) is 24.3 Å². The molecule has 0 aliphatic carbocycles. The van der Waals surface area contributed by atoms with Gasteiger partial charge in [0, 0.05) is 12.3 Å². The molecule has 0 aliphatic rings. The first-order valence-corrected chi connectivity index (χ1v) is 7.88. The zero-order valence-electron chi connectivity index (χ0n) is 12.5. The standard InChI is InChI=1S/C14H23N3O2S/c1-14(2,3)19-13(18)17(7-8-20-4)10-12-6-5-11(15)9-16-12/h5-6,9H,7-8,10,15H2,1-4H3. The fraction of sp³-hybridized carbons (Fsp3) is 0.571. The Morgan fingerprint density at radius 1 is 1.45 bits per heavy atom. The number of carbonyl (C=O) groups is 1. The van der Waals surface area contributed by atoms with Gasteiger partial charge in [-0.1, -0.05) is 0 Å². The van der Waals surface area contributed by atoms with Crippen molar-refractivity contribution < 1.29 is 9.53 Å². The monoisotopic (exact) mass is 297 g/mol. The number of nitrogens with two attached hydrogens (primary N) is 1. The lowest BCUT2D eigenvalue weighted by molar-refractivity contribution is 0.0244. The van der Waals surface area contributed by atoms with Crippen molar-refractivity contribution in [3.05, 3.63) is 24.0 Å². The number of ether oxygens (including phenoxy) is 1. The highest BCUT2D eigenvalue weighted by atomic mass is 32.2. The van der Waals surface area contributed by atoms with E-state index in [1.807, 2.05) is 33.1 Å². The van der Waals surface area contributed by atoms with E-state index in [1.54, 1.807) is 28.9 Å². The smallest absolute Gasteiger partial charge is 0.410 e. The number of aromatic nitrogens is 1. The zero-order chi connectivity index (χ0) is 15.2. The first-order chi connectivity index (χ1) is 9.31. The van der Waals surface area contributed by atoms with E-state index in [4.69, 9.17) is 10.5 Å². The third-order valence-electron chi connectivity index (χ3n) is 2.42. The third-order valence-corrected chi connectivity index (χ3v) is 3.01. The molecule has 0 unspecified atom stereocenters. The Morgan fingerprint density at radius 3 is 2.65 bits per heavy atom. The highest BCUT2D eigenvalue weighted by molar-refractivity contribution is 7.98. The summed E-state index contributed by atoms with van der Waals surface area (Å²) in [6, 6.07) is 3.61. The van der Waals surface area contributed by atoms with E-state index in [9.17, 15) is 4.79 Å². The Bertz CT molecular complexity index is 429. The third kappa shape index (κ3) is 6.14. The average Bonchev–Trinajstić information content (AvgIpc) is 2.34. The van der Waals surface area contributed by atoms with Gasteiger partial charge in [0.05, 0.1) is 24.1 Å². The van der Waals surface area contributed by atoms with Crippen LogP contribution in [0, 0.1) is 0 Å². The zero-order valence-corrected chi connectivity index (χ0v) is 13.4. The first-order valence-electron chi connectivity index (χ1n) is 6.49. The second-order valence-corrected chi connectivity index (χ2v) is 6.46. The van der Waals surface area contributed by atoms with Gasteiger partial charge >= 0.3 is 6.09 Å². The van der Waals surface area contributed by atoms with E-state index < -0.39 is 5.60 Å². The predicted octanol–water partition coefficient (Wildman–Crippen LogP) is 2.76. The minimum atomic E-state index is -0.497. The Balaban J connectivity index is 2.73. The number of rotatable bonds is 5. The molecule has 1 rings (SSSR count). The quantitative estimate of drug-likeness (QED) is 0.905. The minimum Gasteiger partial charge on any atom is -0.444 e. The van der Waals surface area contributed by atoms with E-state index >= 15 is 0 Å². The summed E-state index contributed by atoms with van der Waals surface area (Å²) in [7, 11) is 0. The molecule has 1 heterocycles. The maximum atomic E-state index is 12.2. The topological polar surface area (TPSA) is 68.5 Å². The number of thioether (sulfide) groups is 1. The Hall–Kier alpha value is -1.43. The highest BCUT2D eigenvalue weighted by Gasteiger charge is 2.22. The molecular formula is C14H23N3O2S. The number of hydrogen-bond donors (Lipinski definition) is 1. The van der Waals surface area contributed by atoms with Gasteiger partial charge in [-0.3, -0.25) is 4.98 Å². The van der Waals surface area contributed by atoms with Crippen LogP contribution in [0.3, 0.4) is 0 Å². The molecule has 6 heteroatoms. The second kappa shape index (κ2) is 7.38. The maximum absolute atomic E-state index is 12.2. The van der Waals surface area contributed by atoms with Crippen LogP contribution in [-0.2, 0) is 11.3 Å². The van der Waals surface area contributed by atoms with Crippen LogP contribution in [0.25, 0.3) is 0 Å². The summed E-state index contributed by atoms with van der Waals surface area (Å²) in [4.78, 5) is 18.1. The van der Waals surface area contributed by atoms with Gasteiger partial charge in [0.2, 0.25) is 0 Å². The minimum absolute atomic E-state index is 0.315. The fourth-order valence-corrected chi connectivity index (χ4v) is 1.89. The predicted molar refractivity (Wildman–Crippen MR) is 83.7 cm³/mol. The molecule has 0 atom stereocenters. The van der Waals surface area contributed by atoms with Crippen molar-refractivity contribution >= 4 is 23.5 Å². The molecule has 2 N–H and O–H groups in total. The van der Waals surface area contributed by atoms with Crippen LogP contribution in [-0.4, -0.2) is 40.1 Å². The SMILES string of the molecule is CSCCN(Cc1ccc(N)cn1)C(=O)OC(C)(C)C. The molecule has 1 aromatic rings. The molecule has 0 saturated heterocycles. The van der Waals surface area contributed by atoms with Crippen LogP contribution in [0.5, 0.6) is 0 Å². The van der Waals surface area contributed by atoms with Gasteiger partial charge in [-0.05, 0) is 39.2 Å². The molecule has 1 aromatic heterocycles. The van der Waals surface area contributed by atoms with Crippen molar-refractivity contribution in [3.63, 3.8) is 0 Å². The fourth-order valence-electron chi connectivity index (χ4n) is 1.49. The number of nitrogen functional groups attached to an aromatic ring is 1. The van der Waals surface area contributed by atoms with Gasteiger partial charge < -0.3 is 15.4 Å². The van der Waals surface area contributed by atoms with Crippen molar-refractivity contribution in [1.29, 1.82) is 0 Å². The van der Waals surface area contributed by atoms with Gasteiger partial charge in [0.25, 0.3) is 0 Å². The normalized spacial score (nSPS) is 11.2.